The van der Waals surface area contributed by atoms with E-state index in [0.717, 1.165) is 43.7 Å². The van der Waals surface area contributed by atoms with Crippen LogP contribution in [-0.2, 0) is 11.3 Å². The van der Waals surface area contributed by atoms with Crippen LogP contribution in [0.1, 0.15) is 48.3 Å². The van der Waals surface area contributed by atoms with Crippen LogP contribution in [-0.4, -0.2) is 39.6 Å². The Kier molecular flexibility index (Phi) is 6.75. The first-order chi connectivity index (χ1) is 13.8. The third-order valence-electron chi connectivity index (χ3n) is 4.84. The summed E-state index contributed by atoms with van der Waals surface area (Å²) in [5.41, 5.74) is 2.80. The Hall–Kier alpha value is -2.60. The number of carbonyl (C=O) groups excluding carboxylic acids is 2. The molecule has 0 aliphatic carbocycles. The van der Waals surface area contributed by atoms with E-state index >= 15 is 0 Å². The molecule has 0 radical (unpaired) electrons. The van der Waals surface area contributed by atoms with Gasteiger partial charge in [0.25, 0.3) is 5.91 Å². The standard InChI is InChI=1S/C22H27ClN4O2/c1-15(2)14-27-21(23)19(16(3)25-27)10-11-20(28)24-18-8-6-17(7-9-18)22(29)26-12-4-5-13-26/h6-11,15H,4-5,12-14H2,1-3H3,(H,24,28)/b11-10+. The highest BCUT2D eigenvalue weighted by molar-refractivity contribution is 6.31. The molecule has 1 aromatic carbocycles. The van der Waals surface area contributed by atoms with Crippen molar-refractivity contribution in [2.45, 2.75) is 40.2 Å². The average Bonchev–Trinajstić information content (AvgIpc) is 3.29. The molecule has 1 aromatic heterocycles. The van der Waals surface area contributed by atoms with Crippen molar-refractivity contribution in [2.75, 3.05) is 18.4 Å². The second kappa shape index (κ2) is 9.27. The van der Waals surface area contributed by atoms with E-state index in [2.05, 4.69) is 24.3 Å². The molecule has 2 heterocycles. The highest BCUT2D eigenvalue weighted by atomic mass is 35.5. The Labute approximate surface area is 176 Å². The Morgan fingerprint density at radius 2 is 1.86 bits per heavy atom. The van der Waals surface area contributed by atoms with E-state index in [1.54, 1.807) is 35.0 Å². The normalized spacial score (nSPS) is 14.2. The number of carbonyl (C=O) groups is 2. The highest BCUT2D eigenvalue weighted by Crippen LogP contribution is 2.22. The summed E-state index contributed by atoms with van der Waals surface area (Å²) in [5, 5.41) is 7.77. The van der Waals surface area contributed by atoms with Crippen LogP contribution in [0.3, 0.4) is 0 Å². The number of aromatic nitrogens is 2. The van der Waals surface area contributed by atoms with Crippen molar-refractivity contribution >= 4 is 35.2 Å². The maximum absolute atomic E-state index is 12.4. The summed E-state index contributed by atoms with van der Waals surface area (Å²) in [7, 11) is 0. The smallest absolute Gasteiger partial charge is 0.253 e. The molecule has 1 saturated heterocycles. The molecule has 154 valence electrons. The number of anilines is 1. The first-order valence-electron chi connectivity index (χ1n) is 9.96. The lowest BCUT2D eigenvalue weighted by atomic mass is 10.2. The zero-order chi connectivity index (χ0) is 21.0. The summed E-state index contributed by atoms with van der Waals surface area (Å²) in [4.78, 5) is 26.5. The fraction of sp³-hybridized carbons (Fsp3) is 0.409. The van der Waals surface area contributed by atoms with Gasteiger partial charge in [0.15, 0.2) is 0 Å². The molecule has 1 aliphatic heterocycles. The third kappa shape index (κ3) is 5.26. The molecule has 7 heteroatoms. The summed E-state index contributed by atoms with van der Waals surface area (Å²) >= 11 is 6.40. The van der Waals surface area contributed by atoms with Gasteiger partial charge < -0.3 is 10.2 Å². The molecule has 2 amide bonds. The minimum atomic E-state index is -0.268. The van der Waals surface area contributed by atoms with E-state index in [-0.39, 0.29) is 11.8 Å². The van der Waals surface area contributed by atoms with Gasteiger partial charge >= 0.3 is 0 Å². The number of halogens is 1. The van der Waals surface area contributed by atoms with Gasteiger partial charge in [-0.1, -0.05) is 25.4 Å². The molecule has 6 nitrogen and oxygen atoms in total. The van der Waals surface area contributed by atoms with Crippen LogP contribution < -0.4 is 5.32 Å². The molecule has 2 aromatic rings. The molecular weight excluding hydrogens is 388 g/mol. The second-order valence-electron chi connectivity index (χ2n) is 7.77. The topological polar surface area (TPSA) is 67.2 Å². The van der Waals surface area contributed by atoms with Crippen LogP contribution >= 0.6 is 11.6 Å². The number of rotatable bonds is 6. The lowest BCUT2D eigenvalue weighted by molar-refractivity contribution is -0.111. The first-order valence-corrected chi connectivity index (χ1v) is 10.3. The van der Waals surface area contributed by atoms with Crippen LogP contribution in [0.4, 0.5) is 5.69 Å². The minimum absolute atomic E-state index is 0.0452. The van der Waals surface area contributed by atoms with Crippen LogP contribution in [0, 0.1) is 12.8 Å². The van der Waals surface area contributed by atoms with E-state index < -0.39 is 0 Å². The zero-order valence-corrected chi connectivity index (χ0v) is 17.9. The molecule has 29 heavy (non-hydrogen) atoms. The van der Waals surface area contributed by atoms with Crippen molar-refractivity contribution in [3.63, 3.8) is 0 Å². The van der Waals surface area contributed by atoms with E-state index in [4.69, 9.17) is 11.6 Å². The van der Waals surface area contributed by atoms with Crippen LogP contribution in [0.2, 0.25) is 5.15 Å². The molecule has 0 unspecified atom stereocenters. The van der Waals surface area contributed by atoms with Gasteiger partial charge in [0.05, 0.1) is 5.69 Å². The van der Waals surface area contributed by atoms with E-state index in [1.807, 2.05) is 11.8 Å². The molecule has 0 bridgehead atoms. The molecule has 3 rings (SSSR count). The summed E-state index contributed by atoms with van der Waals surface area (Å²) in [6.07, 6.45) is 5.25. The fourth-order valence-corrected chi connectivity index (χ4v) is 3.67. The molecule has 0 atom stereocenters. The third-order valence-corrected chi connectivity index (χ3v) is 5.24. The van der Waals surface area contributed by atoms with E-state index in [1.165, 1.54) is 6.08 Å². The number of hydrogen-bond acceptors (Lipinski definition) is 3. The number of benzene rings is 1. The SMILES string of the molecule is Cc1nn(CC(C)C)c(Cl)c1/C=C/C(=O)Nc1ccc(C(=O)N2CCCC2)cc1. The Morgan fingerprint density at radius 3 is 2.48 bits per heavy atom. The van der Waals surface area contributed by atoms with Gasteiger partial charge in [0, 0.05) is 42.5 Å². The largest absolute Gasteiger partial charge is 0.339 e. The fourth-order valence-electron chi connectivity index (χ4n) is 3.37. The quantitative estimate of drug-likeness (QED) is 0.713. The van der Waals surface area contributed by atoms with Gasteiger partial charge in [0.2, 0.25) is 5.91 Å². The minimum Gasteiger partial charge on any atom is -0.339 e. The van der Waals surface area contributed by atoms with E-state index in [0.29, 0.717) is 22.3 Å². The van der Waals surface area contributed by atoms with Gasteiger partial charge in [0.1, 0.15) is 5.15 Å². The second-order valence-corrected chi connectivity index (χ2v) is 8.12. The van der Waals surface area contributed by atoms with Crippen molar-refractivity contribution < 1.29 is 9.59 Å². The number of likely N-dealkylation sites (tertiary alicyclic amines) is 1. The maximum atomic E-state index is 12.4. The number of nitrogens with zero attached hydrogens (tertiary/aromatic N) is 3. The number of aryl methyl sites for hydroxylation is 1. The molecule has 1 N–H and O–H groups in total. The van der Waals surface area contributed by atoms with Gasteiger partial charge in [-0.2, -0.15) is 5.10 Å². The van der Waals surface area contributed by atoms with Crippen molar-refractivity contribution in [1.29, 1.82) is 0 Å². The summed E-state index contributed by atoms with van der Waals surface area (Å²) < 4.78 is 1.76. The van der Waals surface area contributed by atoms with Crippen molar-refractivity contribution in [2.24, 2.45) is 5.92 Å². The average molecular weight is 415 g/mol. The van der Waals surface area contributed by atoms with Gasteiger partial charge in [-0.25, -0.2) is 0 Å². The molecule has 0 saturated carbocycles. The Balaban J connectivity index is 1.62. The zero-order valence-electron chi connectivity index (χ0n) is 17.1. The first kappa shape index (κ1) is 21.1. The lowest BCUT2D eigenvalue weighted by Crippen LogP contribution is -2.27. The summed E-state index contributed by atoms with van der Waals surface area (Å²) in [6.45, 7) is 8.43. The van der Waals surface area contributed by atoms with Gasteiger partial charge in [-0.05, 0) is 56.0 Å². The Morgan fingerprint density at radius 1 is 1.21 bits per heavy atom. The highest BCUT2D eigenvalue weighted by Gasteiger charge is 2.19. The number of nitrogens with one attached hydrogen (secondary N) is 1. The predicted molar refractivity (Wildman–Crippen MR) is 116 cm³/mol. The predicted octanol–water partition coefficient (Wildman–Crippen LogP) is 4.39. The van der Waals surface area contributed by atoms with Crippen molar-refractivity contribution in [1.82, 2.24) is 14.7 Å². The molecule has 1 aliphatic rings. The number of amides is 2. The maximum Gasteiger partial charge on any atom is 0.253 e. The van der Waals surface area contributed by atoms with Gasteiger partial charge in [-0.3, -0.25) is 14.3 Å². The van der Waals surface area contributed by atoms with Gasteiger partial charge in [-0.15, -0.1) is 0 Å². The van der Waals surface area contributed by atoms with Crippen LogP contribution in [0.15, 0.2) is 30.3 Å². The molecule has 1 fully saturated rings. The number of hydrogen-bond donors (Lipinski definition) is 1. The van der Waals surface area contributed by atoms with Crippen LogP contribution in [0.5, 0.6) is 0 Å². The van der Waals surface area contributed by atoms with E-state index in [9.17, 15) is 9.59 Å². The summed E-state index contributed by atoms with van der Waals surface area (Å²) in [6, 6.07) is 6.98. The van der Waals surface area contributed by atoms with Crippen LogP contribution in [0.25, 0.3) is 6.08 Å². The Bertz CT molecular complexity index is 910. The molecular formula is C22H27ClN4O2. The monoisotopic (exact) mass is 414 g/mol. The molecule has 0 spiro atoms. The lowest BCUT2D eigenvalue weighted by Gasteiger charge is -2.15. The van der Waals surface area contributed by atoms with Crippen molar-refractivity contribution in [3.8, 4) is 0 Å². The summed E-state index contributed by atoms with van der Waals surface area (Å²) in [5.74, 6) is 0.201. The van der Waals surface area contributed by atoms with Crippen molar-refractivity contribution in [3.05, 3.63) is 52.3 Å².